The minimum Gasteiger partial charge on any atom is -0.478 e. The lowest BCUT2D eigenvalue weighted by Gasteiger charge is -2.38. The van der Waals surface area contributed by atoms with Gasteiger partial charge in [-0.3, -0.25) is 0 Å². The molecule has 1 aromatic heterocycles. The minimum absolute atomic E-state index is 0.194. The summed E-state index contributed by atoms with van der Waals surface area (Å²) in [6, 6.07) is 0.980. The number of aryl methyl sites for hydroxylation is 1. The Morgan fingerprint density at radius 2 is 1.91 bits per heavy atom. The van der Waals surface area contributed by atoms with E-state index in [0.29, 0.717) is 18.4 Å². The second-order valence-electron chi connectivity index (χ2n) is 6.41. The van der Waals surface area contributed by atoms with E-state index >= 15 is 0 Å². The molecule has 0 amide bonds. The predicted molar refractivity (Wildman–Crippen MR) is 75.6 cm³/mol. The summed E-state index contributed by atoms with van der Waals surface area (Å²) in [5.74, 6) is 1.26. The van der Waals surface area contributed by atoms with Gasteiger partial charge in [0.25, 0.3) is 0 Å². The van der Waals surface area contributed by atoms with Crippen molar-refractivity contribution in [1.82, 2.24) is 14.7 Å². The monoisotopic (exact) mass is 317 g/mol. The van der Waals surface area contributed by atoms with Crippen LogP contribution in [0, 0.1) is 11.8 Å². The van der Waals surface area contributed by atoms with Gasteiger partial charge in [0, 0.05) is 19.7 Å². The smallest absolute Gasteiger partial charge is 0.435 e. The van der Waals surface area contributed by atoms with Gasteiger partial charge < -0.3 is 9.64 Å². The van der Waals surface area contributed by atoms with Gasteiger partial charge in [-0.15, -0.1) is 0 Å². The molecule has 2 fully saturated rings. The number of aromatic nitrogens is 2. The van der Waals surface area contributed by atoms with E-state index in [1.807, 2.05) is 0 Å². The molecule has 0 N–H and O–H groups in total. The summed E-state index contributed by atoms with van der Waals surface area (Å²) in [5.41, 5.74) is -0.896. The second kappa shape index (κ2) is 6.10. The van der Waals surface area contributed by atoms with E-state index in [1.165, 1.54) is 39.4 Å². The summed E-state index contributed by atoms with van der Waals surface area (Å²) in [7, 11) is 1.48. The highest BCUT2D eigenvalue weighted by Crippen LogP contribution is 2.36. The van der Waals surface area contributed by atoms with Gasteiger partial charge in [0.1, 0.15) is 0 Å². The highest BCUT2D eigenvalue weighted by Gasteiger charge is 2.36. The van der Waals surface area contributed by atoms with E-state index in [4.69, 9.17) is 4.74 Å². The molecule has 0 spiro atoms. The minimum atomic E-state index is -4.42. The lowest BCUT2D eigenvalue weighted by atomic mass is 9.74. The van der Waals surface area contributed by atoms with Crippen LogP contribution in [0.25, 0.3) is 0 Å². The van der Waals surface area contributed by atoms with Gasteiger partial charge in [0.15, 0.2) is 5.69 Å². The summed E-state index contributed by atoms with van der Waals surface area (Å²) in [6.45, 7) is 3.95. The summed E-state index contributed by atoms with van der Waals surface area (Å²) in [6.07, 6.45) is 0.437. The van der Waals surface area contributed by atoms with E-state index in [2.05, 4.69) is 10.00 Å². The summed E-state index contributed by atoms with van der Waals surface area (Å²) >= 11 is 0. The normalized spacial score (nSPS) is 26.2. The summed E-state index contributed by atoms with van der Waals surface area (Å²) in [5, 5.41) is 3.46. The first-order chi connectivity index (χ1) is 10.4. The van der Waals surface area contributed by atoms with Gasteiger partial charge in [0.05, 0.1) is 6.61 Å². The number of rotatable bonds is 5. The van der Waals surface area contributed by atoms with Crippen LogP contribution in [0.15, 0.2) is 6.07 Å². The van der Waals surface area contributed by atoms with Gasteiger partial charge in [-0.25, -0.2) is 4.68 Å². The molecule has 1 aliphatic carbocycles. The molecule has 2 atom stereocenters. The zero-order valence-electron chi connectivity index (χ0n) is 12.8. The average Bonchev–Trinajstić information content (AvgIpc) is 3.04. The fourth-order valence-electron chi connectivity index (χ4n) is 3.31. The maximum Gasteiger partial charge on any atom is 0.435 e. The zero-order chi connectivity index (χ0) is 15.7. The van der Waals surface area contributed by atoms with E-state index in [1.54, 1.807) is 0 Å². The Morgan fingerprint density at radius 3 is 2.45 bits per heavy atom. The van der Waals surface area contributed by atoms with Crippen LogP contribution in [0.4, 0.5) is 13.2 Å². The fourth-order valence-corrected chi connectivity index (χ4v) is 3.31. The lowest BCUT2D eigenvalue weighted by Crippen LogP contribution is -2.39. The van der Waals surface area contributed by atoms with Crippen molar-refractivity contribution < 1.29 is 17.9 Å². The van der Waals surface area contributed by atoms with Gasteiger partial charge in [0.2, 0.25) is 5.88 Å². The number of alkyl halides is 3. The molecule has 3 rings (SSSR count). The first-order valence-electron chi connectivity index (χ1n) is 7.90. The van der Waals surface area contributed by atoms with Crippen LogP contribution < -0.4 is 4.74 Å². The van der Waals surface area contributed by atoms with Crippen LogP contribution in [-0.4, -0.2) is 40.9 Å². The Hall–Kier alpha value is -1.24. The molecule has 124 valence electrons. The molecule has 1 aromatic rings. The molecule has 2 unspecified atom stereocenters. The fraction of sp³-hybridized carbons (Fsp3) is 0.800. The van der Waals surface area contributed by atoms with Crippen LogP contribution in [0.2, 0.25) is 0 Å². The van der Waals surface area contributed by atoms with E-state index in [-0.39, 0.29) is 5.88 Å². The Bertz CT molecular complexity index is 509. The molecule has 7 heteroatoms. The molecule has 1 saturated heterocycles. The topological polar surface area (TPSA) is 30.3 Å². The van der Waals surface area contributed by atoms with Crippen LogP contribution in [0.5, 0.6) is 5.88 Å². The molecule has 0 aromatic carbocycles. The van der Waals surface area contributed by atoms with Crippen molar-refractivity contribution in [2.75, 3.05) is 26.2 Å². The number of hydrogen-bond donors (Lipinski definition) is 0. The molecule has 4 nitrogen and oxygen atoms in total. The third-order valence-corrected chi connectivity index (χ3v) is 4.84. The predicted octanol–water partition coefficient (Wildman–Crippen LogP) is 2.94. The van der Waals surface area contributed by atoms with Crippen molar-refractivity contribution in [3.05, 3.63) is 11.8 Å². The molecule has 0 bridgehead atoms. The van der Waals surface area contributed by atoms with Crippen molar-refractivity contribution in [1.29, 1.82) is 0 Å². The number of ether oxygens (including phenoxy) is 1. The quantitative estimate of drug-likeness (QED) is 0.836. The molecular weight excluding hydrogens is 295 g/mol. The number of likely N-dealkylation sites (tertiary alicyclic amines) is 1. The third-order valence-electron chi connectivity index (χ3n) is 4.84. The van der Waals surface area contributed by atoms with Crippen molar-refractivity contribution in [3.8, 4) is 5.88 Å². The Balaban J connectivity index is 1.51. The highest BCUT2D eigenvalue weighted by molar-refractivity contribution is 5.18. The van der Waals surface area contributed by atoms with Gasteiger partial charge in [-0.05, 0) is 50.6 Å². The molecule has 1 saturated carbocycles. The summed E-state index contributed by atoms with van der Waals surface area (Å²) < 4.78 is 44.6. The average molecular weight is 317 g/mol. The van der Waals surface area contributed by atoms with Crippen molar-refractivity contribution in [2.24, 2.45) is 18.9 Å². The first-order valence-corrected chi connectivity index (χ1v) is 7.90. The Kier molecular flexibility index (Phi) is 4.34. The second-order valence-corrected chi connectivity index (χ2v) is 6.41. The third kappa shape index (κ3) is 3.39. The van der Waals surface area contributed by atoms with Gasteiger partial charge in [-0.2, -0.15) is 18.3 Å². The van der Waals surface area contributed by atoms with E-state index in [0.717, 1.165) is 23.7 Å². The Morgan fingerprint density at radius 1 is 1.23 bits per heavy atom. The SMILES string of the molecule is Cn1nc(C(F)(F)F)cc1OCC1CCC1CN1CCCC1. The molecule has 1 aliphatic heterocycles. The first kappa shape index (κ1) is 15.6. The van der Waals surface area contributed by atoms with Crippen LogP contribution in [0.1, 0.15) is 31.4 Å². The standard InChI is InChI=1S/C15H22F3N3O/c1-20-14(8-13(19-20)15(16,17)18)22-10-12-5-4-11(12)9-21-6-2-3-7-21/h8,11-12H,2-7,9-10H2,1H3. The van der Waals surface area contributed by atoms with Crippen molar-refractivity contribution in [2.45, 2.75) is 31.9 Å². The molecule has 0 radical (unpaired) electrons. The van der Waals surface area contributed by atoms with Gasteiger partial charge >= 0.3 is 6.18 Å². The van der Waals surface area contributed by atoms with E-state index < -0.39 is 11.9 Å². The van der Waals surface area contributed by atoms with Gasteiger partial charge in [-0.1, -0.05) is 0 Å². The van der Waals surface area contributed by atoms with Crippen LogP contribution in [0.3, 0.4) is 0 Å². The maximum atomic E-state index is 12.6. The van der Waals surface area contributed by atoms with Crippen molar-refractivity contribution >= 4 is 0 Å². The number of nitrogens with zero attached hydrogens (tertiary/aromatic N) is 3. The molecular formula is C15H22F3N3O. The van der Waals surface area contributed by atoms with Crippen LogP contribution in [-0.2, 0) is 13.2 Å². The molecule has 2 heterocycles. The summed E-state index contributed by atoms with van der Waals surface area (Å²) in [4.78, 5) is 2.49. The van der Waals surface area contributed by atoms with Crippen LogP contribution >= 0.6 is 0 Å². The lowest BCUT2D eigenvalue weighted by molar-refractivity contribution is -0.141. The Labute approximate surface area is 128 Å². The maximum absolute atomic E-state index is 12.6. The number of hydrogen-bond acceptors (Lipinski definition) is 3. The number of halogens is 3. The molecule has 22 heavy (non-hydrogen) atoms. The highest BCUT2D eigenvalue weighted by atomic mass is 19.4. The van der Waals surface area contributed by atoms with Crippen molar-refractivity contribution in [3.63, 3.8) is 0 Å². The van der Waals surface area contributed by atoms with E-state index in [9.17, 15) is 13.2 Å². The molecule has 2 aliphatic rings. The zero-order valence-corrected chi connectivity index (χ0v) is 12.8. The largest absolute Gasteiger partial charge is 0.478 e.